The highest BCUT2D eigenvalue weighted by Crippen LogP contribution is 2.22. The number of hydrogen-bond acceptors (Lipinski definition) is 3. The van der Waals surface area contributed by atoms with Gasteiger partial charge >= 0.3 is 0 Å². The van der Waals surface area contributed by atoms with Crippen molar-refractivity contribution in [3.63, 3.8) is 0 Å². The van der Waals surface area contributed by atoms with E-state index in [1.54, 1.807) is 23.1 Å². The van der Waals surface area contributed by atoms with Crippen LogP contribution in [0, 0.1) is 11.7 Å². The fraction of sp³-hybridized carbons (Fsp3) is 0.294. The number of likely N-dealkylation sites (tertiary alicyclic amines) is 1. The number of carbonyl (C=O) groups excluding carboxylic acids is 2. The van der Waals surface area contributed by atoms with Gasteiger partial charge in [-0.3, -0.25) is 9.59 Å². The highest BCUT2D eigenvalue weighted by molar-refractivity contribution is 5.95. The Balaban J connectivity index is 1.55. The van der Waals surface area contributed by atoms with E-state index >= 15 is 0 Å². The summed E-state index contributed by atoms with van der Waals surface area (Å²) in [6.07, 6.45) is 3.99. The third-order valence-corrected chi connectivity index (χ3v) is 4.05. The highest BCUT2D eigenvalue weighted by atomic mass is 19.1. The van der Waals surface area contributed by atoms with Gasteiger partial charge in [0, 0.05) is 19.0 Å². The zero-order chi connectivity index (χ0) is 16.2. The lowest BCUT2D eigenvalue weighted by Gasteiger charge is -2.31. The molecule has 23 heavy (non-hydrogen) atoms. The summed E-state index contributed by atoms with van der Waals surface area (Å²) in [5, 5.41) is 2.62. The first-order valence-electron chi connectivity index (χ1n) is 7.52. The van der Waals surface area contributed by atoms with E-state index in [4.69, 9.17) is 4.42 Å². The number of anilines is 1. The number of halogens is 1. The van der Waals surface area contributed by atoms with Crippen molar-refractivity contribution in [1.29, 1.82) is 0 Å². The van der Waals surface area contributed by atoms with E-state index in [-0.39, 0.29) is 23.4 Å². The van der Waals surface area contributed by atoms with Crippen LogP contribution in [0.3, 0.4) is 0 Å². The third kappa shape index (κ3) is 3.41. The minimum absolute atomic E-state index is 0.0910. The summed E-state index contributed by atoms with van der Waals surface area (Å²) < 4.78 is 18.5. The molecule has 1 aromatic carbocycles. The lowest BCUT2D eigenvalue weighted by Crippen LogP contribution is -2.41. The Labute approximate surface area is 133 Å². The topological polar surface area (TPSA) is 62.6 Å². The second kappa shape index (κ2) is 6.64. The molecule has 1 aliphatic rings. The Morgan fingerprint density at radius 1 is 1.17 bits per heavy atom. The van der Waals surface area contributed by atoms with Crippen LogP contribution in [0.5, 0.6) is 0 Å². The average Bonchev–Trinajstić information content (AvgIpc) is 3.11. The molecule has 0 atom stereocenters. The first-order valence-corrected chi connectivity index (χ1v) is 7.52. The van der Waals surface area contributed by atoms with Gasteiger partial charge in [-0.25, -0.2) is 4.39 Å². The number of carbonyl (C=O) groups is 2. The number of para-hydroxylation sites is 1. The molecule has 2 amide bonds. The van der Waals surface area contributed by atoms with Gasteiger partial charge in [-0.1, -0.05) is 12.1 Å². The normalized spacial score (nSPS) is 15.4. The van der Waals surface area contributed by atoms with Gasteiger partial charge in [-0.2, -0.15) is 0 Å². The minimum Gasteiger partial charge on any atom is -0.472 e. The summed E-state index contributed by atoms with van der Waals surface area (Å²) >= 11 is 0. The summed E-state index contributed by atoms with van der Waals surface area (Å²) in [5.74, 6) is -0.964. The number of hydrogen-bond donors (Lipinski definition) is 1. The van der Waals surface area contributed by atoms with Crippen LogP contribution >= 0.6 is 0 Å². The van der Waals surface area contributed by atoms with Crippen molar-refractivity contribution in [3.8, 4) is 0 Å². The van der Waals surface area contributed by atoms with Crippen LogP contribution in [0.1, 0.15) is 23.2 Å². The lowest BCUT2D eigenvalue weighted by atomic mass is 9.95. The third-order valence-electron chi connectivity index (χ3n) is 4.05. The zero-order valence-electron chi connectivity index (χ0n) is 12.5. The van der Waals surface area contributed by atoms with Gasteiger partial charge < -0.3 is 14.6 Å². The molecule has 1 fully saturated rings. The standard InChI is InChI=1S/C17H17FN2O3/c18-14-3-1-2-4-15(14)19-16(21)12-5-8-20(9-6-12)17(22)13-7-10-23-11-13/h1-4,7,10-12H,5-6,8-9H2,(H,19,21). The fourth-order valence-corrected chi connectivity index (χ4v) is 2.71. The Kier molecular flexibility index (Phi) is 4.41. The predicted octanol–water partition coefficient (Wildman–Crippen LogP) is 2.91. The first kappa shape index (κ1) is 15.3. The molecular formula is C17H17FN2O3. The van der Waals surface area contributed by atoms with Gasteiger partial charge in [-0.05, 0) is 31.0 Å². The molecule has 0 radical (unpaired) electrons. The number of amides is 2. The van der Waals surface area contributed by atoms with Crippen LogP contribution in [-0.2, 0) is 4.79 Å². The van der Waals surface area contributed by atoms with Crippen molar-refractivity contribution < 1.29 is 18.4 Å². The van der Waals surface area contributed by atoms with E-state index in [2.05, 4.69) is 5.32 Å². The van der Waals surface area contributed by atoms with Crippen molar-refractivity contribution in [2.24, 2.45) is 5.92 Å². The minimum atomic E-state index is -0.451. The number of piperidine rings is 1. The van der Waals surface area contributed by atoms with Crippen molar-refractivity contribution in [3.05, 3.63) is 54.2 Å². The van der Waals surface area contributed by atoms with Crippen molar-refractivity contribution in [2.75, 3.05) is 18.4 Å². The van der Waals surface area contributed by atoms with Crippen molar-refractivity contribution in [1.82, 2.24) is 4.90 Å². The van der Waals surface area contributed by atoms with Crippen LogP contribution in [0.25, 0.3) is 0 Å². The Hall–Kier alpha value is -2.63. The van der Waals surface area contributed by atoms with Gasteiger partial charge in [-0.15, -0.1) is 0 Å². The van der Waals surface area contributed by atoms with Crippen LogP contribution in [-0.4, -0.2) is 29.8 Å². The van der Waals surface area contributed by atoms with Gasteiger partial charge in [0.25, 0.3) is 5.91 Å². The number of nitrogens with one attached hydrogen (secondary N) is 1. The molecule has 1 aromatic heterocycles. The van der Waals surface area contributed by atoms with Crippen LogP contribution in [0.15, 0.2) is 47.3 Å². The molecule has 1 saturated heterocycles. The van der Waals surface area contributed by atoms with E-state index in [0.717, 1.165) is 0 Å². The van der Waals surface area contributed by atoms with E-state index in [1.165, 1.54) is 24.7 Å². The smallest absolute Gasteiger partial charge is 0.257 e. The van der Waals surface area contributed by atoms with E-state index < -0.39 is 5.82 Å². The summed E-state index contributed by atoms with van der Waals surface area (Å²) in [6, 6.07) is 7.71. The maximum atomic E-state index is 13.6. The number of nitrogens with zero attached hydrogens (tertiary/aromatic N) is 1. The second-order valence-corrected chi connectivity index (χ2v) is 5.55. The summed E-state index contributed by atoms with van der Waals surface area (Å²) in [7, 11) is 0. The maximum Gasteiger partial charge on any atom is 0.257 e. The van der Waals surface area contributed by atoms with Crippen molar-refractivity contribution in [2.45, 2.75) is 12.8 Å². The number of benzene rings is 1. The molecule has 1 aliphatic heterocycles. The van der Waals surface area contributed by atoms with Gasteiger partial charge in [0.2, 0.25) is 5.91 Å². The first-order chi connectivity index (χ1) is 11.1. The molecule has 1 N–H and O–H groups in total. The van der Waals surface area contributed by atoms with Crippen LogP contribution in [0.2, 0.25) is 0 Å². The second-order valence-electron chi connectivity index (χ2n) is 5.55. The van der Waals surface area contributed by atoms with Crippen LogP contribution in [0.4, 0.5) is 10.1 Å². The predicted molar refractivity (Wildman–Crippen MR) is 82.4 cm³/mol. The van der Waals surface area contributed by atoms with Gasteiger partial charge in [0.15, 0.2) is 0 Å². The highest BCUT2D eigenvalue weighted by Gasteiger charge is 2.28. The Morgan fingerprint density at radius 2 is 1.91 bits per heavy atom. The molecule has 0 aliphatic carbocycles. The van der Waals surface area contributed by atoms with Crippen molar-refractivity contribution >= 4 is 17.5 Å². The largest absolute Gasteiger partial charge is 0.472 e. The quantitative estimate of drug-likeness (QED) is 0.947. The average molecular weight is 316 g/mol. The van der Waals surface area contributed by atoms with Gasteiger partial charge in [0.05, 0.1) is 17.5 Å². The summed E-state index contributed by atoms with van der Waals surface area (Å²) in [6.45, 7) is 0.999. The molecular weight excluding hydrogens is 299 g/mol. The van der Waals surface area contributed by atoms with Crippen LogP contribution < -0.4 is 5.32 Å². The van der Waals surface area contributed by atoms with E-state index in [1.807, 2.05) is 0 Å². The molecule has 120 valence electrons. The monoisotopic (exact) mass is 316 g/mol. The SMILES string of the molecule is O=C(Nc1ccccc1F)C1CCN(C(=O)c2ccoc2)CC1. The van der Waals surface area contributed by atoms with E-state index in [9.17, 15) is 14.0 Å². The summed E-state index contributed by atoms with van der Waals surface area (Å²) in [4.78, 5) is 26.1. The molecule has 0 bridgehead atoms. The molecule has 0 unspecified atom stereocenters. The number of furan rings is 1. The molecule has 0 saturated carbocycles. The molecule has 2 aromatic rings. The molecule has 6 heteroatoms. The molecule has 0 spiro atoms. The Morgan fingerprint density at radius 3 is 2.57 bits per heavy atom. The lowest BCUT2D eigenvalue weighted by molar-refractivity contribution is -0.121. The molecule has 5 nitrogen and oxygen atoms in total. The zero-order valence-corrected chi connectivity index (χ0v) is 12.5. The molecule has 2 heterocycles. The summed E-state index contributed by atoms with van der Waals surface area (Å²) in [5.41, 5.74) is 0.702. The molecule has 3 rings (SSSR count). The number of rotatable bonds is 3. The van der Waals surface area contributed by atoms with E-state index in [0.29, 0.717) is 31.5 Å². The van der Waals surface area contributed by atoms with Gasteiger partial charge in [0.1, 0.15) is 12.1 Å². The Bertz CT molecular complexity index is 692. The maximum absolute atomic E-state index is 13.6. The fourth-order valence-electron chi connectivity index (χ4n) is 2.71.